The van der Waals surface area contributed by atoms with Crippen LogP contribution in [0.5, 0.6) is 0 Å². The molecule has 0 saturated heterocycles. The van der Waals surface area contributed by atoms with Crippen molar-refractivity contribution < 1.29 is 13.9 Å². The zero-order chi connectivity index (χ0) is 19.9. The molecule has 0 fully saturated rings. The van der Waals surface area contributed by atoms with Crippen LogP contribution >= 0.6 is 0 Å². The van der Waals surface area contributed by atoms with Crippen molar-refractivity contribution in [1.29, 1.82) is 0 Å². The molecular weight excluding hydrogens is 356 g/mol. The fraction of sp³-hybridized carbons (Fsp3) is 0.389. The lowest BCUT2D eigenvalue weighted by Crippen LogP contribution is -2.20. The Labute approximate surface area is 154 Å². The first-order valence-corrected chi connectivity index (χ1v) is 8.41. The first-order chi connectivity index (χ1) is 12.6. The van der Waals surface area contributed by atoms with Crippen molar-refractivity contribution in [3.05, 3.63) is 51.4 Å². The molecule has 0 saturated carbocycles. The number of rotatable bonds is 5. The van der Waals surface area contributed by atoms with E-state index in [4.69, 9.17) is 0 Å². The number of halogens is 2. The summed E-state index contributed by atoms with van der Waals surface area (Å²) in [4.78, 5) is 21.2. The van der Waals surface area contributed by atoms with E-state index in [0.29, 0.717) is 11.6 Å². The molecule has 0 aliphatic heterocycles. The van der Waals surface area contributed by atoms with Crippen molar-refractivity contribution in [2.24, 2.45) is 0 Å². The molecular formula is C18H21F2N5O2. The Morgan fingerprint density at radius 1 is 1.30 bits per heavy atom. The molecule has 3 aromatic rings. The maximum atomic E-state index is 13.4. The molecule has 0 aliphatic rings. The second-order valence-corrected chi connectivity index (χ2v) is 6.72. The third kappa shape index (κ3) is 3.42. The summed E-state index contributed by atoms with van der Waals surface area (Å²) in [5.41, 5.74) is 0.790. The minimum absolute atomic E-state index is 0.0794. The quantitative estimate of drug-likeness (QED) is 0.713. The minimum atomic E-state index is -2.92. The monoisotopic (exact) mass is 377 g/mol. The molecule has 0 spiro atoms. The first kappa shape index (κ1) is 19.0. The van der Waals surface area contributed by atoms with Gasteiger partial charge in [0.25, 0.3) is 11.5 Å². The van der Waals surface area contributed by atoms with Gasteiger partial charge in [-0.25, -0.2) is 13.5 Å². The summed E-state index contributed by atoms with van der Waals surface area (Å²) in [6.07, 6.45) is 0. The number of anilines is 1. The van der Waals surface area contributed by atoms with E-state index in [1.54, 1.807) is 31.1 Å². The number of fused-ring (bicyclic) bond motifs is 1. The number of hydrogen-bond acceptors (Lipinski definition) is 5. The van der Waals surface area contributed by atoms with Gasteiger partial charge in [-0.2, -0.15) is 10.1 Å². The summed E-state index contributed by atoms with van der Waals surface area (Å²) in [5.74, 6) is -2.56. The van der Waals surface area contributed by atoms with Gasteiger partial charge in [-0.15, -0.1) is 0 Å². The highest BCUT2D eigenvalue weighted by Crippen LogP contribution is 2.29. The average Bonchev–Trinajstić information content (AvgIpc) is 2.99. The van der Waals surface area contributed by atoms with Crippen LogP contribution in [0, 0.1) is 0 Å². The third-order valence-corrected chi connectivity index (χ3v) is 4.46. The zero-order valence-electron chi connectivity index (χ0n) is 15.5. The Bertz CT molecular complexity index is 1020. The van der Waals surface area contributed by atoms with Gasteiger partial charge in [0, 0.05) is 26.6 Å². The second kappa shape index (κ2) is 6.73. The highest BCUT2D eigenvalue weighted by atomic mass is 19.3. The summed E-state index contributed by atoms with van der Waals surface area (Å²) >= 11 is 0. The van der Waals surface area contributed by atoms with Crippen LogP contribution in [0.4, 0.5) is 14.7 Å². The Kier molecular flexibility index (Phi) is 4.73. The van der Waals surface area contributed by atoms with E-state index in [9.17, 15) is 18.7 Å². The molecule has 2 heterocycles. The SMILES string of the molecule is C[C@H](c1ccc(C(C)(F)F)cc1)n1nc(CO)c2c(=O)[nH]c(N(C)C)nc21. The molecule has 1 aromatic carbocycles. The lowest BCUT2D eigenvalue weighted by Gasteiger charge is -2.16. The molecule has 27 heavy (non-hydrogen) atoms. The van der Waals surface area contributed by atoms with Crippen molar-refractivity contribution >= 4 is 17.0 Å². The maximum absolute atomic E-state index is 13.4. The molecule has 1 atom stereocenters. The van der Waals surface area contributed by atoms with Gasteiger partial charge in [-0.05, 0) is 12.5 Å². The summed E-state index contributed by atoms with van der Waals surface area (Å²) in [5, 5.41) is 14.1. The number of benzene rings is 1. The number of H-pyrrole nitrogens is 1. The van der Waals surface area contributed by atoms with Gasteiger partial charge in [-0.1, -0.05) is 24.3 Å². The molecule has 0 unspecified atom stereocenters. The van der Waals surface area contributed by atoms with E-state index in [1.165, 1.54) is 16.8 Å². The average molecular weight is 377 g/mol. The van der Waals surface area contributed by atoms with Gasteiger partial charge >= 0.3 is 0 Å². The number of hydrogen-bond donors (Lipinski definition) is 2. The van der Waals surface area contributed by atoms with Gasteiger partial charge in [0.1, 0.15) is 11.1 Å². The lowest BCUT2D eigenvalue weighted by atomic mass is 10.0. The molecule has 3 rings (SSSR count). The highest BCUT2D eigenvalue weighted by molar-refractivity contribution is 5.78. The van der Waals surface area contributed by atoms with Crippen LogP contribution in [-0.2, 0) is 12.5 Å². The molecule has 0 radical (unpaired) electrons. The number of aromatic amines is 1. The molecule has 2 N–H and O–H groups in total. The van der Waals surface area contributed by atoms with Crippen molar-refractivity contribution in [2.45, 2.75) is 32.4 Å². The van der Waals surface area contributed by atoms with Crippen molar-refractivity contribution in [2.75, 3.05) is 19.0 Å². The maximum Gasteiger partial charge on any atom is 0.270 e. The largest absolute Gasteiger partial charge is 0.390 e. The van der Waals surface area contributed by atoms with Crippen molar-refractivity contribution in [3.8, 4) is 0 Å². The Morgan fingerprint density at radius 3 is 2.44 bits per heavy atom. The van der Waals surface area contributed by atoms with Crippen LogP contribution in [0.2, 0.25) is 0 Å². The van der Waals surface area contributed by atoms with Crippen LogP contribution in [0.15, 0.2) is 29.1 Å². The minimum Gasteiger partial charge on any atom is -0.390 e. The summed E-state index contributed by atoms with van der Waals surface area (Å²) in [6, 6.07) is 5.57. The van der Waals surface area contributed by atoms with Crippen molar-refractivity contribution in [1.82, 2.24) is 19.7 Å². The molecule has 0 bridgehead atoms. The van der Waals surface area contributed by atoms with Gasteiger partial charge in [0.05, 0.1) is 12.6 Å². The number of alkyl halides is 2. The molecule has 7 nitrogen and oxygen atoms in total. The lowest BCUT2D eigenvalue weighted by molar-refractivity contribution is 0.0174. The summed E-state index contributed by atoms with van der Waals surface area (Å²) in [7, 11) is 3.48. The topological polar surface area (TPSA) is 87.0 Å². The van der Waals surface area contributed by atoms with Gasteiger partial charge in [0.2, 0.25) is 5.95 Å². The van der Waals surface area contributed by atoms with E-state index < -0.39 is 18.1 Å². The van der Waals surface area contributed by atoms with E-state index in [-0.39, 0.29) is 22.7 Å². The number of nitrogens with zero attached hydrogens (tertiary/aromatic N) is 4. The summed E-state index contributed by atoms with van der Waals surface area (Å²) < 4.78 is 28.4. The van der Waals surface area contributed by atoms with E-state index in [2.05, 4.69) is 15.1 Å². The van der Waals surface area contributed by atoms with Crippen molar-refractivity contribution in [3.63, 3.8) is 0 Å². The van der Waals surface area contributed by atoms with Crippen LogP contribution in [-0.4, -0.2) is 39.0 Å². The smallest absolute Gasteiger partial charge is 0.270 e. The van der Waals surface area contributed by atoms with Crippen LogP contribution < -0.4 is 10.5 Å². The van der Waals surface area contributed by atoms with Crippen LogP contribution in [0.3, 0.4) is 0 Å². The first-order valence-electron chi connectivity index (χ1n) is 8.41. The Hall–Kier alpha value is -2.81. The third-order valence-electron chi connectivity index (χ3n) is 4.46. The number of aromatic nitrogens is 4. The normalized spacial score (nSPS) is 13.1. The van der Waals surface area contributed by atoms with E-state index in [1.807, 2.05) is 6.92 Å². The Morgan fingerprint density at radius 2 is 1.93 bits per heavy atom. The molecule has 0 amide bonds. The van der Waals surface area contributed by atoms with E-state index in [0.717, 1.165) is 12.5 Å². The molecule has 9 heteroatoms. The standard InChI is InChI=1S/C18H21F2N5O2/c1-10(11-5-7-12(8-6-11)18(2,19)20)25-15-14(13(9-26)23-25)16(27)22-17(21-15)24(3)4/h5-8,10,26H,9H2,1-4H3,(H,21,22,27)/t10-/m1/s1. The number of nitrogens with one attached hydrogen (secondary N) is 1. The van der Waals surface area contributed by atoms with Crippen LogP contribution in [0.1, 0.15) is 36.7 Å². The number of aliphatic hydroxyl groups is 1. The fourth-order valence-corrected chi connectivity index (χ4v) is 2.89. The summed E-state index contributed by atoms with van der Waals surface area (Å²) in [6.45, 7) is 2.26. The fourth-order valence-electron chi connectivity index (χ4n) is 2.89. The molecule has 144 valence electrons. The molecule has 0 aliphatic carbocycles. The predicted molar refractivity (Wildman–Crippen MR) is 98.2 cm³/mol. The van der Waals surface area contributed by atoms with Gasteiger partial charge < -0.3 is 10.0 Å². The second-order valence-electron chi connectivity index (χ2n) is 6.72. The van der Waals surface area contributed by atoms with E-state index >= 15 is 0 Å². The number of aliphatic hydroxyl groups excluding tert-OH is 1. The highest BCUT2D eigenvalue weighted by Gasteiger charge is 2.25. The zero-order valence-corrected chi connectivity index (χ0v) is 15.5. The van der Waals surface area contributed by atoms with Crippen LogP contribution in [0.25, 0.3) is 11.0 Å². The molecule has 2 aromatic heterocycles. The van der Waals surface area contributed by atoms with Gasteiger partial charge in [-0.3, -0.25) is 9.78 Å². The predicted octanol–water partition coefficient (Wildman–Crippen LogP) is 2.40. The van der Waals surface area contributed by atoms with Gasteiger partial charge in [0.15, 0.2) is 5.65 Å². The Balaban J connectivity index is 2.14.